The molecule has 112 valence electrons. The molecule has 0 aromatic carbocycles. The van der Waals surface area contributed by atoms with Crippen molar-refractivity contribution in [1.29, 1.82) is 0 Å². The van der Waals surface area contributed by atoms with Gasteiger partial charge < -0.3 is 10.2 Å². The fraction of sp³-hybridized carbons (Fsp3) is 0.615. The quantitative estimate of drug-likeness (QED) is 0.566. The molecule has 20 heavy (non-hydrogen) atoms. The maximum Gasteiger partial charge on any atom is 0.328 e. The van der Waals surface area contributed by atoms with Gasteiger partial charge in [0.1, 0.15) is 0 Å². The Bertz CT molecular complexity index is 561. The Labute approximate surface area is 115 Å². The average Bonchev–Trinajstić information content (AvgIpc) is 2.35. The van der Waals surface area contributed by atoms with Crippen molar-refractivity contribution in [2.75, 3.05) is 0 Å². The van der Waals surface area contributed by atoms with Crippen molar-refractivity contribution in [1.82, 2.24) is 9.97 Å². The van der Waals surface area contributed by atoms with E-state index in [0.717, 1.165) is 12.8 Å². The number of H-pyrrole nitrogens is 2. The smallest absolute Gasteiger partial charge is 0.328 e. The van der Waals surface area contributed by atoms with E-state index in [-0.39, 0.29) is 12.0 Å². The molecule has 1 atom stereocenters. The minimum atomic E-state index is -0.835. The van der Waals surface area contributed by atoms with E-state index in [1.807, 2.05) is 11.9 Å². The van der Waals surface area contributed by atoms with E-state index in [9.17, 15) is 19.5 Å². The maximum atomic E-state index is 11.5. The van der Waals surface area contributed by atoms with Gasteiger partial charge in [-0.1, -0.05) is 19.8 Å². The molecule has 0 aliphatic rings. The second kappa shape index (κ2) is 7.52. The van der Waals surface area contributed by atoms with Crippen LogP contribution in [0, 0.1) is 5.92 Å². The zero-order chi connectivity index (χ0) is 15.1. The summed E-state index contributed by atoms with van der Waals surface area (Å²) in [6.45, 7) is 2.00. The Kier molecular flexibility index (Phi) is 6.02. The second-order valence-electron chi connectivity index (χ2n) is 4.81. The minimum Gasteiger partial charge on any atom is -0.494 e. The molecule has 1 aromatic heterocycles. The molecule has 0 aliphatic heterocycles. The molecule has 0 radical (unpaired) electrons. The molecule has 0 saturated carbocycles. The van der Waals surface area contributed by atoms with Crippen molar-refractivity contribution in [2.45, 2.75) is 45.4 Å². The summed E-state index contributed by atoms with van der Waals surface area (Å²) in [5.74, 6) is -1.71. The molecular weight excluding hydrogens is 264 g/mol. The molecule has 1 aromatic rings. The van der Waals surface area contributed by atoms with Crippen LogP contribution in [0.25, 0.3) is 0 Å². The number of carboxylic acids is 1. The standard InChI is InChI=1S/C13H20N2O5/c1-2-3-5-8(12(18)19)6-4-7-9-10(16)14-13(20)15-11(9)17/h8H,2-7H2,1H3,(H,18,19)(H3,14,15,16,17,20)/t8-/m1/s1. The van der Waals surface area contributed by atoms with E-state index in [0.29, 0.717) is 19.3 Å². The topological polar surface area (TPSA) is 123 Å². The van der Waals surface area contributed by atoms with Gasteiger partial charge in [-0.15, -0.1) is 0 Å². The number of unbranched alkanes of at least 4 members (excludes halogenated alkanes) is 1. The van der Waals surface area contributed by atoms with Crippen LogP contribution in [0.15, 0.2) is 9.59 Å². The van der Waals surface area contributed by atoms with Crippen LogP contribution in [-0.4, -0.2) is 26.2 Å². The van der Waals surface area contributed by atoms with Crippen LogP contribution in [-0.2, 0) is 11.2 Å². The van der Waals surface area contributed by atoms with Crippen molar-refractivity contribution in [3.63, 3.8) is 0 Å². The Hall–Kier alpha value is -2.05. The van der Waals surface area contributed by atoms with Gasteiger partial charge in [0.05, 0.1) is 11.5 Å². The molecule has 1 rings (SSSR count). The summed E-state index contributed by atoms with van der Waals surface area (Å²) in [6, 6.07) is 0. The predicted octanol–water partition coefficient (Wildman–Crippen LogP) is 0.983. The van der Waals surface area contributed by atoms with Crippen LogP contribution in [0.5, 0.6) is 5.88 Å². The third-order valence-corrected chi connectivity index (χ3v) is 3.25. The second-order valence-corrected chi connectivity index (χ2v) is 4.81. The summed E-state index contributed by atoms with van der Waals surface area (Å²) in [6.07, 6.45) is 3.52. The molecule has 0 unspecified atom stereocenters. The Morgan fingerprint density at radius 2 is 1.85 bits per heavy atom. The predicted molar refractivity (Wildman–Crippen MR) is 72.9 cm³/mol. The monoisotopic (exact) mass is 284 g/mol. The van der Waals surface area contributed by atoms with Crippen LogP contribution in [0.1, 0.15) is 44.6 Å². The first-order chi connectivity index (χ1) is 9.45. The lowest BCUT2D eigenvalue weighted by Gasteiger charge is -2.11. The van der Waals surface area contributed by atoms with Gasteiger partial charge >= 0.3 is 11.7 Å². The Balaban J connectivity index is 2.61. The first kappa shape index (κ1) is 16.0. The van der Waals surface area contributed by atoms with E-state index < -0.39 is 29.0 Å². The van der Waals surface area contributed by atoms with E-state index in [1.54, 1.807) is 0 Å². The van der Waals surface area contributed by atoms with E-state index in [2.05, 4.69) is 4.98 Å². The summed E-state index contributed by atoms with van der Waals surface area (Å²) in [5, 5.41) is 18.6. The number of aromatic hydroxyl groups is 1. The fourth-order valence-electron chi connectivity index (χ4n) is 2.10. The minimum absolute atomic E-state index is 0.0873. The van der Waals surface area contributed by atoms with Crippen LogP contribution in [0.3, 0.4) is 0 Å². The van der Waals surface area contributed by atoms with Crippen LogP contribution >= 0.6 is 0 Å². The summed E-state index contributed by atoms with van der Waals surface area (Å²) in [4.78, 5) is 37.6. The van der Waals surface area contributed by atoms with Crippen molar-refractivity contribution in [3.8, 4) is 5.88 Å². The van der Waals surface area contributed by atoms with Crippen LogP contribution < -0.4 is 11.2 Å². The van der Waals surface area contributed by atoms with Crippen molar-refractivity contribution >= 4 is 5.97 Å². The van der Waals surface area contributed by atoms with Crippen molar-refractivity contribution in [3.05, 3.63) is 26.4 Å². The number of carbonyl (C=O) groups is 1. The molecular formula is C13H20N2O5. The van der Waals surface area contributed by atoms with Gasteiger partial charge in [-0.2, -0.15) is 0 Å². The molecule has 7 nitrogen and oxygen atoms in total. The molecule has 0 spiro atoms. The first-order valence-electron chi connectivity index (χ1n) is 6.73. The normalized spacial score (nSPS) is 12.2. The first-order valence-corrected chi connectivity index (χ1v) is 6.73. The summed E-state index contributed by atoms with van der Waals surface area (Å²) >= 11 is 0. The number of carboxylic acid groups (broad SMARTS) is 1. The highest BCUT2D eigenvalue weighted by atomic mass is 16.4. The van der Waals surface area contributed by atoms with Gasteiger partial charge in [-0.3, -0.25) is 19.6 Å². The molecule has 0 aliphatic carbocycles. The number of nitrogens with one attached hydrogen (secondary N) is 2. The summed E-state index contributed by atoms with van der Waals surface area (Å²) in [5.41, 5.74) is -1.31. The molecule has 0 amide bonds. The van der Waals surface area contributed by atoms with Gasteiger partial charge in [0, 0.05) is 0 Å². The average molecular weight is 284 g/mol. The lowest BCUT2D eigenvalue weighted by molar-refractivity contribution is -0.142. The van der Waals surface area contributed by atoms with Crippen LogP contribution in [0.4, 0.5) is 0 Å². The largest absolute Gasteiger partial charge is 0.494 e. The van der Waals surface area contributed by atoms with Crippen molar-refractivity contribution in [2.24, 2.45) is 5.92 Å². The van der Waals surface area contributed by atoms with Gasteiger partial charge in [-0.25, -0.2) is 4.79 Å². The molecule has 0 bridgehead atoms. The van der Waals surface area contributed by atoms with E-state index in [1.165, 1.54) is 0 Å². The number of hydrogen-bond acceptors (Lipinski definition) is 4. The molecule has 7 heteroatoms. The fourth-order valence-corrected chi connectivity index (χ4v) is 2.10. The van der Waals surface area contributed by atoms with Crippen molar-refractivity contribution < 1.29 is 15.0 Å². The number of aromatic amines is 2. The highest BCUT2D eigenvalue weighted by Crippen LogP contribution is 2.18. The zero-order valence-electron chi connectivity index (χ0n) is 11.4. The van der Waals surface area contributed by atoms with E-state index >= 15 is 0 Å². The van der Waals surface area contributed by atoms with Gasteiger partial charge in [-0.05, 0) is 25.7 Å². The van der Waals surface area contributed by atoms with E-state index in [4.69, 9.17) is 5.11 Å². The van der Waals surface area contributed by atoms with Gasteiger partial charge in [0.25, 0.3) is 5.56 Å². The zero-order valence-corrected chi connectivity index (χ0v) is 11.4. The number of aliphatic carboxylic acids is 1. The Morgan fingerprint density at radius 1 is 1.20 bits per heavy atom. The third kappa shape index (κ3) is 4.56. The molecule has 0 fully saturated rings. The maximum absolute atomic E-state index is 11.5. The Morgan fingerprint density at radius 3 is 2.40 bits per heavy atom. The van der Waals surface area contributed by atoms with Gasteiger partial charge in [0.15, 0.2) is 0 Å². The molecule has 1 heterocycles. The lowest BCUT2D eigenvalue weighted by Crippen LogP contribution is -2.25. The van der Waals surface area contributed by atoms with Gasteiger partial charge in [0.2, 0.25) is 5.88 Å². The highest BCUT2D eigenvalue weighted by Gasteiger charge is 2.17. The number of rotatable bonds is 8. The number of aromatic nitrogens is 2. The third-order valence-electron chi connectivity index (χ3n) is 3.25. The summed E-state index contributed by atoms with van der Waals surface area (Å²) < 4.78 is 0. The lowest BCUT2D eigenvalue weighted by atomic mass is 9.95. The summed E-state index contributed by atoms with van der Waals surface area (Å²) in [7, 11) is 0. The molecule has 4 N–H and O–H groups in total. The SMILES string of the molecule is CCCC[C@H](CCCc1c(O)[nH]c(=O)[nH]c1=O)C(=O)O. The molecule has 0 saturated heterocycles. The highest BCUT2D eigenvalue weighted by molar-refractivity contribution is 5.69. The number of hydrogen-bond donors (Lipinski definition) is 4. The van der Waals surface area contributed by atoms with Crippen LogP contribution in [0.2, 0.25) is 0 Å².